The van der Waals surface area contributed by atoms with E-state index in [4.69, 9.17) is 0 Å². The van der Waals surface area contributed by atoms with Gasteiger partial charge in [0, 0.05) is 23.1 Å². The van der Waals surface area contributed by atoms with Crippen molar-refractivity contribution in [2.45, 2.75) is 57.3 Å². The Hall–Kier alpha value is -2.94. The highest BCUT2D eigenvalue weighted by atomic mass is 19.4. The van der Waals surface area contributed by atoms with Crippen molar-refractivity contribution in [3.05, 3.63) is 65.5 Å². The minimum atomic E-state index is -4.76. The van der Waals surface area contributed by atoms with Crippen LogP contribution in [0.2, 0.25) is 0 Å². The summed E-state index contributed by atoms with van der Waals surface area (Å²) in [4.78, 5) is 27.6. The maximum atomic E-state index is 13.1. The molecule has 2 aliphatic rings. The number of rotatable bonds is 8. The number of carbonyl (C=O) groups is 2. The lowest BCUT2D eigenvalue weighted by Crippen LogP contribution is -2.39. The van der Waals surface area contributed by atoms with Gasteiger partial charge in [0.15, 0.2) is 5.78 Å². The second-order valence-electron chi connectivity index (χ2n) is 10.0. The summed E-state index contributed by atoms with van der Waals surface area (Å²) in [5.74, 6) is -0.297. The molecule has 37 heavy (non-hydrogen) atoms. The number of alkyl halides is 3. The molecule has 2 fully saturated rings. The summed E-state index contributed by atoms with van der Waals surface area (Å²) in [5.41, 5.74) is 0.883. The Kier molecular flexibility index (Phi) is 8.84. The van der Waals surface area contributed by atoms with Crippen LogP contribution in [-0.4, -0.2) is 48.6 Å². The topological polar surface area (TPSA) is 58.6 Å². The predicted molar refractivity (Wildman–Crippen MR) is 131 cm³/mol. The molecule has 1 saturated heterocycles. The van der Waals surface area contributed by atoms with Crippen molar-refractivity contribution >= 4 is 11.7 Å². The van der Waals surface area contributed by atoms with Gasteiger partial charge in [0.1, 0.15) is 11.6 Å². The number of ketones is 1. The highest BCUT2D eigenvalue weighted by molar-refractivity contribution is 5.97. The molecule has 0 unspecified atom stereocenters. The first-order valence-electron chi connectivity index (χ1n) is 12.8. The van der Waals surface area contributed by atoms with Gasteiger partial charge >= 0.3 is 6.36 Å². The van der Waals surface area contributed by atoms with Gasteiger partial charge in [-0.2, -0.15) is 0 Å². The minimum absolute atomic E-state index is 0.00544. The van der Waals surface area contributed by atoms with E-state index in [1.54, 1.807) is 12.1 Å². The third kappa shape index (κ3) is 8.02. The largest absolute Gasteiger partial charge is 0.573 e. The van der Waals surface area contributed by atoms with Crippen molar-refractivity contribution in [1.29, 1.82) is 0 Å². The maximum Gasteiger partial charge on any atom is 0.573 e. The number of nitrogens with one attached hydrogen (secondary N) is 1. The molecule has 5 nitrogen and oxygen atoms in total. The van der Waals surface area contributed by atoms with Crippen LogP contribution in [0.25, 0.3) is 0 Å². The van der Waals surface area contributed by atoms with E-state index in [0.29, 0.717) is 17.0 Å². The van der Waals surface area contributed by atoms with E-state index in [1.807, 2.05) is 0 Å². The first-order valence-corrected chi connectivity index (χ1v) is 12.8. The molecule has 1 aliphatic carbocycles. The second-order valence-corrected chi connectivity index (χ2v) is 10.0. The molecule has 1 amide bonds. The summed E-state index contributed by atoms with van der Waals surface area (Å²) >= 11 is 0. The second kappa shape index (κ2) is 12.1. The number of hydrogen-bond acceptors (Lipinski definition) is 4. The number of nitrogens with zero attached hydrogens (tertiary/aromatic N) is 1. The van der Waals surface area contributed by atoms with Gasteiger partial charge in [0.05, 0.1) is 0 Å². The molecule has 200 valence electrons. The predicted octanol–water partition coefficient (Wildman–Crippen LogP) is 6.00. The molecule has 9 heteroatoms. The van der Waals surface area contributed by atoms with E-state index >= 15 is 0 Å². The van der Waals surface area contributed by atoms with Crippen molar-refractivity contribution in [1.82, 2.24) is 10.2 Å². The van der Waals surface area contributed by atoms with Crippen molar-refractivity contribution in [3.63, 3.8) is 0 Å². The van der Waals surface area contributed by atoms with Gasteiger partial charge in [-0.25, -0.2) is 4.39 Å². The number of likely N-dealkylation sites (tertiary alicyclic amines) is 1. The highest BCUT2D eigenvalue weighted by Crippen LogP contribution is 2.29. The molecule has 0 aromatic heterocycles. The zero-order valence-electron chi connectivity index (χ0n) is 20.6. The van der Waals surface area contributed by atoms with E-state index in [0.717, 1.165) is 76.7 Å². The lowest BCUT2D eigenvalue weighted by Gasteiger charge is -2.34. The van der Waals surface area contributed by atoms with Gasteiger partial charge in [-0.1, -0.05) is 0 Å². The van der Waals surface area contributed by atoms with Crippen molar-refractivity contribution in [2.24, 2.45) is 11.8 Å². The fraction of sp³-hybridized carbons (Fsp3) is 0.500. The summed E-state index contributed by atoms with van der Waals surface area (Å²) in [7, 11) is 0. The SMILES string of the molecule is O=C(NC1CCC(CCN2CCC(C(=O)c3ccc(F)cc3)CC2)CC1)c1ccc(OC(F)(F)F)cc1. The zero-order chi connectivity index (χ0) is 26.4. The van der Waals surface area contributed by atoms with Gasteiger partial charge < -0.3 is 15.0 Å². The van der Waals surface area contributed by atoms with Crippen LogP contribution in [-0.2, 0) is 0 Å². The molecule has 0 radical (unpaired) electrons. The van der Waals surface area contributed by atoms with E-state index in [9.17, 15) is 27.2 Å². The summed E-state index contributed by atoms with van der Waals surface area (Å²) in [5, 5.41) is 3.00. The number of Topliss-reactive ketones (excluding diaryl/α,β-unsaturated/α-hetero) is 1. The van der Waals surface area contributed by atoms with Crippen LogP contribution in [0, 0.1) is 17.7 Å². The van der Waals surface area contributed by atoms with Gasteiger partial charge in [-0.05, 0) is 119 Å². The van der Waals surface area contributed by atoms with Crippen LogP contribution in [0.4, 0.5) is 17.6 Å². The summed E-state index contributed by atoms with van der Waals surface area (Å²) in [6, 6.07) is 10.8. The molecule has 0 bridgehead atoms. The molecule has 2 aromatic carbocycles. The highest BCUT2D eigenvalue weighted by Gasteiger charge is 2.31. The van der Waals surface area contributed by atoms with Crippen LogP contribution in [0.5, 0.6) is 5.75 Å². The van der Waals surface area contributed by atoms with Gasteiger partial charge in [0.2, 0.25) is 0 Å². The van der Waals surface area contributed by atoms with E-state index in [2.05, 4.69) is 15.0 Å². The van der Waals surface area contributed by atoms with E-state index < -0.39 is 6.36 Å². The molecule has 0 spiro atoms. The Labute approximate surface area is 214 Å². The zero-order valence-corrected chi connectivity index (χ0v) is 20.6. The summed E-state index contributed by atoms with van der Waals surface area (Å²) in [6.07, 6.45) is 1.74. The van der Waals surface area contributed by atoms with Gasteiger partial charge in [0.25, 0.3) is 5.91 Å². The molecule has 0 atom stereocenters. The molecular weight excluding hydrogens is 488 g/mol. The average molecular weight is 521 g/mol. The Balaban J connectivity index is 1.13. The van der Waals surface area contributed by atoms with Crippen LogP contribution in [0.15, 0.2) is 48.5 Å². The number of carbonyl (C=O) groups excluding carboxylic acids is 2. The van der Waals surface area contributed by atoms with Crippen LogP contribution in [0.1, 0.15) is 65.7 Å². The smallest absolute Gasteiger partial charge is 0.406 e. The number of hydrogen-bond donors (Lipinski definition) is 1. The maximum absolute atomic E-state index is 13.1. The lowest BCUT2D eigenvalue weighted by atomic mass is 9.83. The number of benzene rings is 2. The first-order chi connectivity index (χ1) is 17.7. The Morgan fingerprint density at radius 3 is 2.05 bits per heavy atom. The minimum Gasteiger partial charge on any atom is -0.406 e. The average Bonchev–Trinajstić information content (AvgIpc) is 2.88. The van der Waals surface area contributed by atoms with Gasteiger partial charge in [-0.3, -0.25) is 9.59 Å². The normalized spacial score (nSPS) is 21.4. The van der Waals surface area contributed by atoms with Crippen LogP contribution < -0.4 is 10.1 Å². The molecular formula is C28H32F4N2O3. The van der Waals surface area contributed by atoms with E-state index in [1.165, 1.54) is 24.3 Å². The summed E-state index contributed by atoms with van der Waals surface area (Å²) in [6.45, 7) is 2.76. The molecule has 2 aromatic rings. The third-order valence-corrected chi connectivity index (χ3v) is 7.47. The Bertz CT molecular complexity index is 1040. The van der Waals surface area contributed by atoms with Crippen LogP contribution in [0.3, 0.4) is 0 Å². The van der Waals surface area contributed by atoms with Crippen LogP contribution >= 0.6 is 0 Å². The van der Waals surface area contributed by atoms with Crippen molar-refractivity contribution < 1.29 is 31.9 Å². The molecule has 1 heterocycles. The number of halogens is 4. The standard InChI is InChI=1S/C28H32F4N2O3/c29-23-7-3-20(4-8-23)26(35)21-14-17-34(18-15-21)16-13-19-1-9-24(10-2-19)33-27(36)22-5-11-25(12-6-22)37-28(30,31)32/h3-8,11-12,19,21,24H,1-2,9-10,13-18H2,(H,33,36). The molecule has 1 N–H and O–H groups in total. The van der Waals surface area contributed by atoms with Gasteiger partial charge in [-0.15, -0.1) is 13.2 Å². The number of ether oxygens (including phenoxy) is 1. The fourth-order valence-corrected chi connectivity index (χ4v) is 5.31. The molecule has 1 aliphatic heterocycles. The molecule has 1 saturated carbocycles. The quantitative estimate of drug-likeness (QED) is 0.343. The summed E-state index contributed by atoms with van der Waals surface area (Å²) < 4.78 is 53.8. The fourth-order valence-electron chi connectivity index (χ4n) is 5.31. The Morgan fingerprint density at radius 1 is 0.865 bits per heavy atom. The lowest BCUT2D eigenvalue weighted by molar-refractivity contribution is -0.274. The first kappa shape index (κ1) is 27.1. The van der Waals surface area contributed by atoms with E-state index in [-0.39, 0.29) is 35.2 Å². The number of piperidine rings is 1. The van der Waals surface area contributed by atoms with Crippen molar-refractivity contribution in [2.75, 3.05) is 19.6 Å². The molecule has 4 rings (SSSR count). The number of amides is 1. The third-order valence-electron chi connectivity index (χ3n) is 7.47. The van der Waals surface area contributed by atoms with Crippen molar-refractivity contribution in [3.8, 4) is 5.75 Å². The monoisotopic (exact) mass is 520 g/mol. The Morgan fingerprint density at radius 2 is 1.46 bits per heavy atom.